The van der Waals surface area contributed by atoms with E-state index in [-0.39, 0.29) is 17.8 Å². The molecule has 1 heterocycles. The maximum atomic E-state index is 12.7. The largest absolute Gasteiger partial charge is 0.508 e. The summed E-state index contributed by atoms with van der Waals surface area (Å²) in [7, 11) is 0. The third-order valence-electron chi connectivity index (χ3n) is 4.71. The predicted molar refractivity (Wildman–Crippen MR) is 108 cm³/mol. The number of carbonyl (C=O) groups is 1. The Morgan fingerprint density at radius 3 is 2.65 bits per heavy atom. The highest BCUT2D eigenvalue weighted by Gasteiger charge is 2.28. The summed E-state index contributed by atoms with van der Waals surface area (Å²) in [5.41, 5.74) is 3.62. The number of phenolic OH excluding ortho intramolecular Hbond substituents is 1. The number of benzene rings is 2. The van der Waals surface area contributed by atoms with Crippen molar-refractivity contribution in [2.45, 2.75) is 25.8 Å². The second-order valence-corrected chi connectivity index (χ2v) is 7.85. The molecule has 5 heteroatoms. The van der Waals surface area contributed by atoms with Crippen LogP contribution in [0.2, 0.25) is 0 Å². The molecule has 1 aliphatic rings. The first kappa shape index (κ1) is 18.6. The molecule has 2 aromatic carbocycles. The number of phenols is 1. The number of hydrogen-bond donors (Lipinski definition) is 2. The van der Waals surface area contributed by atoms with Gasteiger partial charge in [-0.05, 0) is 43.0 Å². The van der Waals surface area contributed by atoms with Crippen LogP contribution in [0.3, 0.4) is 0 Å². The summed E-state index contributed by atoms with van der Waals surface area (Å²) in [5, 5.41) is 12.4. The number of carbonyl (C=O) groups excluding carboxylic acids is 1. The molecule has 3 rings (SSSR count). The summed E-state index contributed by atoms with van der Waals surface area (Å²) in [6.07, 6.45) is 1.77. The van der Waals surface area contributed by atoms with Crippen LogP contribution in [-0.2, 0) is 6.42 Å². The number of rotatable bonds is 5. The summed E-state index contributed by atoms with van der Waals surface area (Å²) < 4.78 is 0. The molecule has 1 atom stereocenters. The summed E-state index contributed by atoms with van der Waals surface area (Å²) in [6.45, 7) is 3.52. The molecular formula is C21H26N2O2S. The molecule has 1 aliphatic heterocycles. The predicted octanol–water partition coefficient (Wildman–Crippen LogP) is 4.13. The average molecular weight is 371 g/mol. The molecule has 0 saturated carbocycles. The number of nitrogens with zero attached hydrogens (tertiary/aromatic N) is 1. The van der Waals surface area contributed by atoms with Crippen molar-refractivity contribution in [1.82, 2.24) is 10.2 Å². The Kier molecular flexibility index (Phi) is 6.45. The Morgan fingerprint density at radius 1 is 1.19 bits per heavy atom. The van der Waals surface area contributed by atoms with Gasteiger partial charge in [0, 0.05) is 24.6 Å². The van der Waals surface area contributed by atoms with Crippen LogP contribution in [-0.4, -0.2) is 40.6 Å². The molecule has 0 radical (unpaired) electrons. The molecular weight excluding hydrogens is 344 g/mol. The van der Waals surface area contributed by atoms with Gasteiger partial charge in [-0.3, -0.25) is 0 Å². The standard InChI is InChI=1S/C21H26N2O2S/c1-16-4-8-18(9-5-16)20-15-26-14-13-23(20)21(25)22-12-2-3-17-6-10-19(24)11-7-17/h4-11,20,24H,2-3,12-15H2,1H3,(H,22,25). The van der Waals surface area contributed by atoms with Gasteiger partial charge in [0.2, 0.25) is 0 Å². The lowest BCUT2D eigenvalue weighted by Crippen LogP contribution is -2.46. The maximum Gasteiger partial charge on any atom is 0.317 e. The molecule has 0 spiro atoms. The van der Waals surface area contributed by atoms with E-state index in [2.05, 4.69) is 36.5 Å². The molecule has 2 aromatic rings. The fourth-order valence-electron chi connectivity index (χ4n) is 3.16. The number of thioether (sulfide) groups is 1. The molecule has 1 unspecified atom stereocenters. The molecule has 2 amide bonds. The van der Waals surface area contributed by atoms with E-state index >= 15 is 0 Å². The minimum atomic E-state index is 0.0292. The minimum absolute atomic E-state index is 0.0292. The third kappa shape index (κ3) is 4.94. The normalized spacial score (nSPS) is 17.1. The highest BCUT2D eigenvalue weighted by molar-refractivity contribution is 7.99. The smallest absolute Gasteiger partial charge is 0.317 e. The molecule has 0 aliphatic carbocycles. The van der Waals surface area contributed by atoms with Gasteiger partial charge in [0.1, 0.15) is 5.75 Å². The number of hydrogen-bond acceptors (Lipinski definition) is 3. The second-order valence-electron chi connectivity index (χ2n) is 6.70. The van der Waals surface area contributed by atoms with Crippen molar-refractivity contribution in [1.29, 1.82) is 0 Å². The van der Waals surface area contributed by atoms with Gasteiger partial charge in [0.25, 0.3) is 0 Å². The monoisotopic (exact) mass is 370 g/mol. The van der Waals surface area contributed by atoms with Crippen molar-refractivity contribution < 1.29 is 9.90 Å². The number of urea groups is 1. The molecule has 0 aromatic heterocycles. The lowest BCUT2D eigenvalue weighted by Gasteiger charge is -2.35. The highest BCUT2D eigenvalue weighted by Crippen LogP contribution is 2.29. The quantitative estimate of drug-likeness (QED) is 0.778. The minimum Gasteiger partial charge on any atom is -0.508 e. The van der Waals surface area contributed by atoms with Crippen LogP contribution in [0.15, 0.2) is 48.5 Å². The van der Waals surface area contributed by atoms with E-state index in [1.807, 2.05) is 28.8 Å². The van der Waals surface area contributed by atoms with Crippen LogP contribution < -0.4 is 5.32 Å². The molecule has 26 heavy (non-hydrogen) atoms. The van der Waals surface area contributed by atoms with Gasteiger partial charge in [-0.1, -0.05) is 42.0 Å². The average Bonchev–Trinajstić information content (AvgIpc) is 2.67. The number of amides is 2. The first-order chi connectivity index (χ1) is 12.6. The van der Waals surface area contributed by atoms with Crippen LogP contribution in [0.1, 0.15) is 29.2 Å². The van der Waals surface area contributed by atoms with Gasteiger partial charge in [0.05, 0.1) is 6.04 Å². The first-order valence-electron chi connectivity index (χ1n) is 9.10. The fourth-order valence-corrected chi connectivity index (χ4v) is 4.25. The topological polar surface area (TPSA) is 52.6 Å². The molecule has 0 bridgehead atoms. The zero-order valence-electron chi connectivity index (χ0n) is 15.1. The Morgan fingerprint density at radius 2 is 1.92 bits per heavy atom. The fraction of sp³-hybridized carbons (Fsp3) is 0.381. The van der Waals surface area contributed by atoms with Crippen molar-refractivity contribution in [2.75, 3.05) is 24.6 Å². The molecule has 4 nitrogen and oxygen atoms in total. The highest BCUT2D eigenvalue weighted by atomic mass is 32.2. The van der Waals surface area contributed by atoms with E-state index in [9.17, 15) is 9.90 Å². The molecule has 138 valence electrons. The lowest BCUT2D eigenvalue weighted by molar-refractivity contribution is 0.182. The van der Waals surface area contributed by atoms with Gasteiger partial charge in [-0.25, -0.2) is 4.79 Å². The first-order valence-corrected chi connectivity index (χ1v) is 10.3. The zero-order valence-corrected chi connectivity index (χ0v) is 16.0. The Labute approximate surface area is 159 Å². The second kappa shape index (κ2) is 8.99. The SMILES string of the molecule is Cc1ccc(C2CSCCN2C(=O)NCCCc2ccc(O)cc2)cc1. The molecule has 2 N–H and O–H groups in total. The molecule has 1 saturated heterocycles. The van der Waals surface area contributed by atoms with Gasteiger partial charge in [0.15, 0.2) is 0 Å². The number of aromatic hydroxyl groups is 1. The van der Waals surface area contributed by atoms with Crippen LogP contribution in [0.5, 0.6) is 5.75 Å². The Hall–Kier alpha value is -2.14. The van der Waals surface area contributed by atoms with E-state index in [4.69, 9.17) is 0 Å². The number of aryl methyl sites for hydroxylation is 2. The van der Waals surface area contributed by atoms with E-state index in [1.54, 1.807) is 12.1 Å². The van der Waals surface area contributed by atoms with E-state index < -0.39 is 0 Å². The van der Waals surface area contributed by atoms with E-state index in [0.717, 1.165) is 30.9 Å². The zero-order chi connectivity index (χ0) is 18.4. The van der Waals surface area contributed by atoms with Gasteiger partial charge < -0.3 is 15.3 Å². The van der Waals surface area contributed by atoms with Crippen LogP contribution in [0.4, 0.5) is 4.79 Å². The molecule has 1 fully saturated rings. The van der Waals surface area contributed by atoms with Gasteiger partial charge >= 0.3 is 6.03 Å². The van der Waals surface area contributed by atoms with Crippen LogP contribution in [0, 0.1) is 6.92 Å². The maximum absolute atomic E-state index is 12.7. The van der Waals surface area contributed by atoms with Crippen molar-refractivity contribution in [2.24, 2.45) is 0 Å². The summed E-state index contributed by atoms with van der Waals surface area (Å²) in [4.78, 5) is 14.7. The summed E-state index contributed by atoms with van der Waals surface area (Å²) in [5.74, 6) is 2.22. The van der Waals surface area contributed by atoms with Crippen molar-refractivity contribution in [3.05, 3.63) is 65.2 Å². The van der Waals surface area contributed by atoms with Crippen molar-refractivity contribution in [3.63, 3.8) is 0 Å². The van der Waals surface area contributed by atoms with E-state index in [1.165, 1.54) is 16.7 Å². The third-order valence-corrected chi connectivity index (χ3v) is 5.73. The van der Waals surface area contributed by atoms with Gasteiger partial charge in [-0.2, -0.15) is 11.8 Å². The lowest BCUT2D eigenvalue weighted by atomic mass is 10.1. The Balaban J connectivity index is 1.51. The summed E-state index contributed by atoms with van der Waals surface area (Å²) >= 11 is 1.91. The van der Waals surface area contributed by atoms with Crippen LogP contribution in [0.25, 0.3) is 0 Å². The van der Waals surface area contributed by atoms with Crippen molar-refractivity contribution in [3.8, 4) is 5.75 Å². The van der Waals surface area contributed by atoms with E-state index in [0.29, 0.717) is 6.54 Å². The van der Waals surface area contributed by atoms with Crippen molar-refractivity contribution >= 4 is 17.8 Å². The van der Waals surface area contributed by atoms with Gasteiger partial charge in [-0.15, -0.1) is 0 Å². The van der Waals surface area contributed by atoms with Crippen LogP contribution >= 0.6 is 11.8 Å². The summed E-state index contributed by atoms with van der Waals surface area (Å²) in [6, 6.07) is 15.9. The Bertz CT molecular complexity index is 716. The number of nitrogens with one attached hydrogen (secondary N) is 1.